The SMILES string of the molecule is CN(C)[C@@H]1C(O)=C(C(N)=O)C(=O)[C@@]2(P)C(O)=C3C(=O)c4c(O)ccc(C(=O)CNCc5c(F)cccc5F)c4C[C@H]3C[C@@H]12. The van der Waals surface area contributed by atoms with Crippen LogP contribution in [0.3, 0.4) is 0 Å². The Balaban J connectivity index is 1.53. The first-order valence-electron chi connectivity index (χ1n) is 13.4. The van der Waals surface area contributed by atoms with Crippen molar-refractivity contribution < 1.29 is 43.3 Å². The molecule has 0 fully saturated rings. The summed E-state index contributed by atoms with van der Waals surface area (Å²) in [5, 5.41) is 34.1. The molecule has 3 aliphatic rings. The maximum Gasteiger partial charge on any atom is 0.255 e. The Labute approximate surface area is 247 Å². The summed E-state index contributed by atoms with van der Waals surface area (Å²) in [6.45, 7) is -0.601. The normalized spacial score (nSPS) is 25.0. The summed E-state index contributed by atoms with van der Waals surface area (Å²) in [5.41, 5.74) is 4.51. The molecule has 5 atom stereocenters. The van der Waals surface area contributed by atoms with Gasteiger partial charge in [-0.05, 0) is 62.7 Å². The molecule has 5 rings (SSSR count). The molecule has 0 saturated heterocycles. The number of nitrogens with two attached hydrogens (primary N) is 1. The third-order valence-corrected chi connectivity index (χ3v) is 9.63. The molecule has 0 saturated carbocycles. The number of primary amides is 1. The number of aliphatic hydroxyl groups excluding tert-OH is 2. The van der Waals surface area contributed by atoms with E-state index in [9.17, 15) is 43.3 Å². The van der Waals surface area contributed by atoms with Gasteiger partial charge >= 0.3 is 0 Å². The number of nitrogens with one attached hydrogen (secondary N) is 1. The van der Waals surface area contributed by atoms with E-state index in [2.05, 4.69) is 14.6 Å². The molecule has 3 aliphatic carbocycles. The number of benzene rings is 2. The van der Waals surface area contributed by atoms with E-state index in [0.717, 1.165) is 12.1 Å². The fraction of sp³-hybridized carbons (Fsp3) is 0.333. The van der Waals surface area contributed by atoms with Crippen LogP contribution in [0.1, 0.15) is 38.3 Å². The number of rotatable bonds is 7. The zero-order chi connectivity index (χ0) is 31.5. The average molecular weight is 614 g/mol. The molecule has 0 spiro atoms. The Bertz CT molecular complexity index is 1650. The molecule has 0 aliphatic heterocycles. The predicted molar refractivity (Wildman–Crippen MR) is 154 cm³/mol. The number of Topliss-reactive ketones (excluding diaryl/α,β-unsaturated/α-hetero) is 3. The molecular weight excluding hydrogens is 583 g/mol. The minimum absolute atomic E-state index is 0.0244. The third-order valence-electron chi connectivity index (χ3n) is 8.66. The van der Waals surface area contributed by atoms with E-state index in [1.54, 1.807) is 19.0 Å². The number of fused-ring (bicyclic) bond motifs is 3. The van der Waals surface area contributed by atoms with Crippen molar-refractivity contribution in [3.63, 3.8) is 0 Å². The summed E-state index contributed by atoms with van der Waals surface area (Å²) in [7, 11) is 5.49. The van der Waals surface area contributed by atoms with Gasteiger partial charge in [-0.3, -0.25) is 24.1 Å². The molecular formula is C30H30F2N3O7P. The van der Waals surface area contributed by atoms with Crippen LogP contribution in [-0.2, 0) is 22.6 Å². The van der Waals surface area contributed by atoms with Crippen LogP contribution < -0.4 is 11.1 Å². The minimum Gasteiger partial charge on any atom is -0.510 e. The van der Waals surface area contributed by atoms with Gasteiger partial charge in [0.1, 0.15) is 39.6 Å². The number of hydrogen-bond acceptors (Lipinski definition) is 9. The highest BCUT2D eigenvalue weighted by Crippen LogP contribution is 2.56. The van der Waals surface area contributed by atoms with Gasteiger partial charge in [0.05, 0.1) is 18.2 Å². The Morgan fingerprint density at radius 3 is 2.37 bits per heavy atom. The smallest absolute Gasteiger partial charge is 0.255 e. The zero-order valence-electron chi connectivity index (χ0n) is 23.3. The third kappa shape index (κ3) is 4.64. The van der Waals surface area contributed by atoms with Crippen LogP contribution in [0.15, 0.2) is 53.0 Å². The number of aliphatic hydroxyl groups is 2. The van der Waals surface area contributed by atoms with Gasteiger partial charge in [-0.2, -0.15) is 0 Å². The predicted octanol–water partition coefficient (Wildman–Crippen LogP) is 2.25. The molecule has 2 aromatic carbocycles. The van der Waals surface area contributed by atoms with E-state index in [1.807, 2.05) is 0 Å². The number of carbonyl (C=O) groups is 4. The van der Waals surface area contributed by atoms with Crippen LogP contribution in [0.4, 0.5) is 8.78 Å². The van der Waals surface area contributed by atoms with Crippen LogP contribution >= 0.6 is 9.24 Å². The number of likely N-dealkylation sites (N-methyl/N-ethyl adjacent to an activating group) is 1. The van der Waals surface area contributed by atoms with Crippen molar-refractivity contribution in [2.24, 2.45) is 17.6 Å². The molecule has 10 nitrogen and oxygen atoms in total. The number of carbonyl (C=O) groups excluding carboxylic acids is 4. The molecule has 6 N–H and O–H groups in total. The highest BCUT2D eigenvalue weighted by Gasteiger charge is 2.61. The van der Waals surface area contributed by atoms with Gasteiger partial charge < -0.3 is 26.4 Å². The molecule has 43 heavy (non-hydrogen) atoms. The van der Waals surface area contributed by atoms with Crippen LogP contribution in [0.5, 0.6) is 5.75 Å². The van der Waals surface area contributed by atoms with E-state index in [1.165, 1.54) is 18.2 Å². The van der Waals surface area contributed by atoms with Gasteiger partial charge in [0.15, 0.2) is 17.3 Å². The molecule has 226 valence electrons. The number of hydrogen-bond donors (Lipinski definition) is 5. The second-order valence-electron chi connectivity index (χ2n) is 11.3. The largest absolute Gasteiger partial charge is 0.510 e. The lowest BCUT2D eigenvalue weighted by Gasteiger charge is -2.51. The number of aromatic hydroxyl groups is 1. The Hall–Kier alpha value is -3.99. The fourth-order valence-corrected chi connectivity index (χ4v) is 7.30. The molecule has 1 unspecified atom stereocenters. The zero-order valence-corrected chi connectivity index (χ0v) is 24.4. The minimum atomic E-state index is -1.86. The van der Waals surface area contributed by atoms with Crippen molar-refractivity contribution in [1.82, 2.24) is 10.2 Å². The van der Waals surface area contributed by atoms with Crippen molar-refractivity contribution in [2.75, 3.05) is 20.6 Å². The monoisotopic (exact) mass is 613 g/mol. The van der Waals surface area contributed by atoms with Crippen molar-refractivity contribution in [3.05, 3.63) is 86.9 Å². The number of ketones is 3. The van der Waals surface area contributed by atoms with Crippen LogP contribution in [0.2, 0.25) is 0 Å². The number of halogens is 2. The number of nitrogens with zero attached hydrogens (tertiary/aromatic N) is 1. The Morgan fingerprint density at radius 1 is 1.12 bits per heavy atom. The summed E-state index contributed by atoms with van der Waals surface area (Å²) >= 11 is 0. The maximum atomic E-state index is 14.0. The number of phenols is 1. The summed E-state index contributed by atoms with van der Waals surface area (Å²) in [6, 6.07) is 5.02. The molecule has 1 amide bonds. The number of allylic oxidation sites excluding steroid dienone is 2. The van der Waals surface area contributed by atoms with E-state index in [-0.39, 0.29) is 53.8 Å². The van der Waals surface area contributed by atoms with E-state index >= 15 is 0 Å². The molecule has 0 heterocycles. The van der Waals surface area contributed by atoms with Gasteiger partial charge in [0.2, 0.25) is 0 Å². The van der Waals surface area contributed by atoms with Crippen molar-refractivity contribution in [2.45, 2.75) is 30.6 Å². The second-order valence-corrected chi connectivity index (χ2v) is 12.2. The highest BCUT2D eigenvalue weighted by atomic mass is 31.0. The summed E-state index contributed by atoms with van der Waals surface area (Å²) in [6.07, 6.45) is 0.115. The Morgan fingerprint density at radius 2 is 1.77 bits per heavy atom. The quantitative estimate of drug-likeness (QED) is 0.179. The molecule has 0 radical (unpaired) electrons. The topological polar surface area (TPSA) is 170 Å². The van der Waals surface area contributed by atoms with Crippen molar-refractivity contribution in [1.29, 1.82) is 0 Å². The first-order chi connectivity index (χ1) is 20.2. The maximum absolute atomic E-state index is 14.0. The molecule has 0 aromatic heterocycles. The van der Waals surface area contributed by atoms with Gasteiger partial charge in [-0.15, -0.1) is 9.24 Å². The van der Waals surface area contributed by atoms with Crippen molar-refractivity contribution >= 4 is 32.5 Å². The van der Waals surface area contributed by atoms with Gasteiger partial charge in [-0.1, -0.05) is 6.07 Å². The Kier molecular flexibility index (Phi) is 7.75. The lowest BCUT2D eigenvalue weighted by Crippen LogP contribution is -2.60. The summed E-state index contributed by atoms with van der Waals surface area (Å²) in [5.74, 6) is -8.06. The second kappa shape index (κ2) is 10.9. The standard InChI is InChI=1S/C30H30F2N3O7P/c1-35(2)24-16-9-12-8-14-13(20(37)11-34-10-15-17(31)4-3-5-18(15)32)6-7-19(36)22(14)25(38)21(12)27(40)30(16,43)28(41)23(26(24)39)29(33)42/h3-7,12,16,24,34,36,39-40H,8-11,43H2,1-2H3,(H2,33,42)/t12-,16-,24-,30-/m0/s1. The van der Waals surface area contributed by atoms with Gasteiger partial charge in [0.25, 0.3) is 5.91 Å². The van der Waals surface area contributed by atoms with Crippen LogP contribution in [0.25, 0.3) is 0 Å². The van der Waals surface area contributed by atoms with Crippen LogP contribution in [-0.4, -0.2) is 75.3 Å². The summed E-state index contributed by atoms with van der Waals surface area (Å²) in [4.78, 5) is 54.5. The first kappa shape index (κ1) is 30.5. The molecule has 13 heteroatoms. The molecule has 0 bridgehead atoms. The van der Waals surface area contributed by atoms with E-state index < -0.39 is 80.8 Å². The number of amides is 1. The van der Waals surface area contributed by atoms with Gasteiger partial charge in [0, 0.05) is 29.2 Å². The molecule has 2 aromatic rings. The lowest BCUT2D eigenvalue weighted by molar-refractivity contribution is -0.125. The van der Waals surface area contributed by atoms with Crippen LogP contribution in [0, 0.1) is 23.5 Å². The first-order valence-corrected chi connectivity index (χ1v) is 14.0. The van der Waals surface area contributed by atoms with E-state index in [0.29, 0.717) is 0 Å². The fourth-order valence-electron chi connectivity index (χ4n) is 6.68. The average Bonchev–Trinajstić information content (AvgIpc) is 2.92. The number of phenolic OH excluding ortho intramolecular Hbond substituents is 1. The van der Waals surface area contributed by atoms with Crippen molar-refractivity contribution in [3.8, 4) is 5.75 Å². The lowest BCUT2D eigenvalue weighted by atomic mass is 9.60. The van der Waals surface area contributed by atoms with Gasteiger partial charge in [-0.25, -0.2) is 8.78 Å². The summed E-state index contributed by atoms with van der Waals surface area (Å²) < 4.78 is 28.0. The van der Waals surface area contributed by atoms with E-state index in [4.69, 9.17) is 5.73 Å². The highest BCUT2D eigenvalue weighted by molar-refractivity contribution is 7.22.